The Morgan fingerprint density at radius 1 is 1.25 bits per heavy atom. The molecule has 0 bridgehead atoms. The molecule has 1 aromatic heterocycles. The zero-order valence-corrected chi connectivity index (χ0v) is 13.3. The third-order valence-electron chi connectivity index (χ3n) is 4.24. The molecule has 3 nitrogen and oxygen atoms in total. The van der Waals surface area contributed by atoms with E-state index in [1.807, 2.05) is 0 Å². The predicted molar refractivity (Wildman–Crippen MR) is 86.3 cm³/mol. The highest BCUT2D eigenvalue weighted by atomic mass is 15.2. The average molecular weight is 275 g/mol. The number of rotatable bonds is 7. The van der Waals surface area contributed by atoms with E-state index in [0.717, 1.165) is 31.7 Å². The van der Waals surface area contributed by atoms with Crippen LogP contribution < -0.4 is 10.2 Å². The summed E-state index contributed by atoms with van der Waals surface area (Å²) in [6.45, 7) is 6.33. The van der Waals surface area contributed by atoms with Gasteiger partial charge in [-0.3, -0.25) is 0 Å². The van der Waals surface area contributed by atoms with Gasteiger partial charge in [0, 0.05) is 25.3 Å². The van der Waals surface area contributed by atoms with E-state index in [9.17, 15) is 0 Å². The van der Waals surface area contributed by atoms with Gasteiger partial charge in [-0.05, 0) is 43.5 Å². The second kappa shape index (κ2) is 7.63. The number of aromatic nitrogens is 1. The van der Waals surface area contributed by atoms with Crippen LogP contribution in [0, 0.1) is 0 Å². The first-order valence-corrected chi connectivity index (χ1v) is 8.18. The standard InChI is InChI=1S/C17H29N3/c1-4-8-15-11-14(13-18-5-2)12-17(19-15)20(3)16-9-6-7-10-16/h11-12,16,18H,4-10,13H2,1-3H3. The number of anilines is 1. The van der Waals surface area contributed by atoms with Crippen LogP contribution in [0.3, 0.4) is 0 Å². The second-order valence-electron chi connectivity index (χ2n) is 5.90. The second-order valence-corrected chi connectivity index (χ2v) is 5.90. The summed E-state index contributed by atoms with van der Waals surface area (Å²) in [5, 5.41) is 3.42. The lowest BCUT2D eigenvalue weighted by molar-refractivity contribution is 0.642. The van der Waals surface area contributed by atoms with E-state index >= 15 is 0 Å². The number of hydrogen-bond acceptors (Lipinski definition) is 3. The van der Waals surface area contributed by atoms with Crippen LogP contribution in [-0.2, 0) is 13.0 Å². The maximum Gasteiger partial charge on any atom is 0.129 e. The van der Waals surface area contributed by atoms with Crippen molar-refractivity contribution in [1.29, 1.82) is 0 Å². The molecule has 0 aromatic carbocycles. The number of nitrogens with zero attached hydrogens (tertiary/aromatic N) is 2. The molecule has 0 atom stereocenters. The van der Waals surface area contributed by atoms with Crippen LogP contribution >= 0.6 is 0 Å². The fraction of sp³-hybridized carbons (Fsp3) is 0.706. The Bertz CT molecular complexity index is 411. The van der Waals surface area contributed by atoms with Crippen molar-refractivity contribution in [3.63, 3.8) is 0 Å². The van der Waals surface area contributed by atoms with Crippen LogP contribution in [0.25, 0.3) is 0 Å². The summed E-state index contributed by atoms with van der Waals surface area (Å²) >= 11 is 0. The summed E-state index contributed by atoms with van der Waals surface area (Å²) in [6.07, 6.45) is 7.61. The van der Waals surface area contributed by atoms with Gasteiger partial charge < -0.3 is 10.2 Å². The molecule has 0 radical (unpaired) electrons. The number of aryl methyl sites for hydroxylation is 1. The monoisotopic (exact) mass is 275 g/mol. The van der Waals surface area contributed by atoms with Gasteiger partial charge in [0.2, 0.25) is 0 Å². The molecule has 0 saturated heterocycles. The van der Waals surface area contributed by atoms with Gasteiger partial charge in [-0.1, -0.05) is 33.1 Å². The molecule has 1 N–H and O–H groups in total. The summed E-state index contributed by atoms with van der Waals surface area (Å²) in [7, 11) is 2.21. The van der Waals surface area contributed by atoms with E-state index < -0.39 is 0 Å². The van der Waals surface area contributed by atoms with Gasteiger partial charge in [-0.2, -0.15) is 0 Å². The zero-order chi connectivity index (χ0) is 14.4. The normalized spacial score (nSPS) is 15.8. The van der Waals surface area contributed by atoms with Gasteiger partial charge in [-0.15, -0.1) is 0 Å². The van der Waals surface area contributed by atoms with Crippen LogP contribution in [0.5, 0.6) is 0 Å². The highest BCUT2D eigenvalue weighted by molar-refractivity contribution is 5.43. The molecule has 0 spiro atoms. The SMILES string of the molecule is CCCc1cc(CNCC)cc(N(C)C2CCCC2)n1. The minimum Gasteiger partial charge on any atom is -0.357 e. The summed E-state index contributed by atoms with van der Waals surface area (Å²) in [4.78, 5) is 7.28. The largest absolute Gasteiger partial charge is 0.357 e. The molecule has 0 aliphatic heterocycles. The molecular formula is C17H29N3. The van der Waals surface area contributed by atoms with Crippen molar-refractivity contribution < 1.29 is 0 Å². The van der Waals surface area contributed by atoms with Crippen molar-refractivity contribution in [1.82, 2.24) is 10.3 Å². The fourth-order valence-corrected chi connectivity index (χ4v) is 3.05. The van der Waals surface area contributed by atoms with Crippen molar-refractivity contribution in [3.05, 3.63) is 23.4 Å². The van der Waals surface area contributed by atoms with E-state index in [4.69, 9.17) is 4.98 Å². The summed E-state index contributed by atoms with van der Waals surface area (Å²) in [5.74, 6) is 1.16. The minimum atomic E-state index is 0.686. The Morgan fingerprint density at radius 2 is 2.00 bits per heavy atom. The maximum absolute atomic E-state index is 4.87. The molecule has 1 aliphatic rings. The Labute approximate surface area is 123 Å². The molecule has 1 saturated carbocycles. The average Bonchev–Trinajstić information content (AvgIpc) is 2.98. The van der Waals surface area contributed by atoms with Crippen LogP contribution in [0.15, 0.2) is 12.1 Å². The lowest BCUT2D eigenvalue weighted by atomic mass is 10.1. The molecule has 0 unspecified atom stereocenters. The lowest BCUT2D eigenvalue weighted by Crippen LogP contribution is -2.30. The number of pyridine rings is 1. The molecule has 112 valence electrons. The van der Waals surface area contributed by atoms with Gasteiger partial charge in [-0.25, -0.2) is 4.98 Å². The molecule has 1 aliphatic carbocycles. The van der Waals surface area contributed by atoms with Crippen molar-refractivity contribution >= 4 is 5.82 Å². The first-order chi connectivity index (χ1) is 9.74. The summed E-state index contributed by atoms with van der Waals surface area (Å²) in [5.41, 5.74) is 2.60. The quantitative estimate of drug-likeness (QED) is 0.825. The molecule has 1 aromatic rings. The van der Waals surface area contributed by atoms with Crippen LogP contribution in [0.4, 0.5) is 5.82 Å². The van der Waals surface area contributed by atoms with Gasteiger partial charge in [0.1, 0.15) is 5.82 Å². The molecule has 20 heavy (non-hydrogen) atoms. The van der Waals surface area contributed by atoms with Crippen molar-refractivity contribution in [2.24, 2.45) is 0 Å². The fourth-order valence-electron chi connectivity index (χ4n) is 3.05. The topological polar surface area (TPSA) is 28.2 Å². The highest BCUT2D eigenvalue weighted by Crippen LogP contribution is 2.26. The molecule has 1 heterocycles. The lowest BCUT2D eigenvalue weighted by Gasteiger charge is -2.26. The van der Waals surface area contributed by atoms with E-state index in [-0.39, 0.29) is 0 Å². The first-order valence-electron chi connectivity index (χ1n) is 8.18. The van der Waals surface area contributed by atoms with Gasteiger partial charge in [0.05, 0.1) is 0 Å². The highest BCUT2D eigenvalue weighted by Gasteiger charge is 2.21. The van der Waals surface area contributed by atoms with Crippen LogP contribution in [0.1, 0.15) is 57.2 Å². The molecular weight excluding hydrogens is 246 g/mol. The van der Waals surface area contributed by atoms with Crippen molar-refractivity contribution in [2.75, 3.05) is 18.5 Å². The molecule has 0 amide bonds. The van der Waals surface area contributed by atoms with E-state index in [0.29, 0.717) is 6.04 Å². The smallest absolute Gasteiger partial charge is 0.129 e. The number of nitrogens with one attached hydrogen (secondary N) is 1. The van der Waals surface area contributed by atoms with Crippen molar-refractivity contribution in [3.8, 4) is 0 Å². The first kappa shape index (κ1) is 15.3. The number of hydrogen-bond donors (Lipinski definition) is 1. The molecule has 1 fully saturated rings. The van der Waals surface area contributed by atoms with Gasteiger partial charge >= 0.3 is 0 Å². The Hall–Kier alpha value is -1.09. The Morgan fingerprint density at radius 3 is 2.65 bits per heavy atom. The Kier molecular flexibility index (Phi) is 5.84. The van der Waals surface area contributed by atoms with E-state index in [1.165, 1.54) is 36.9 Å². The van der Waals surface area contributed by atoms with Crippen LogP contribution in [-0.4, -0.2) is 24.6 Å². The third kappa shape index (κ3) is 3.95. The van der Waals surface area contributed by atoms with Gasteiger partial charge in [0.25, 0.3) is 0 Å². The minimum absolute atomic E-state index is 0.686. The summed E-state index contributed by atoms with van der Waals surface area (Å²) in [6, 6.07) is 5.21. The van der Waals surface area contributed by atoms with Crippen molar-refractivity contribution in [2.45, 2.75) is 65.0 Å². The third-order valence-corrected chi connectivity index (χ3v) is 4.24. The molecule has 2 rings (SSSR count). The zero-order valence-electron chi connectivity index (χ0n) is 13.3. The maximum atomic E-state index is 4.87. The van der Waals surface area contributed by atoms with E-state index in [2.05, 4.69) is 43.2 Å². The van der Waals surface area contributed by atoms with Crippen LogP contribution in [0.2, 0.25) is 0 Å². The molecule has 3 heteroatoms. The Balaban J connectivity index is 2.18. The summed E-state index contributed by atoms with van der Waals surface area (Å²) < 4.78 is 0. The van der Waals surface area contributed by atoms with E-state index in [1.54, 1.807) is 0 Å². The van der Waals surface area contributed by atoms with Gasteiger partial charge in [0.15, 0.2) is 0 Å². The predicted octanol–water partition coefficient (Wildman–Crippen LogP) is 3.52.